The van der Waals surface area contributed by atoms with Gasteiger partial charge in [-0.2, -0.15) is 11.8 Å². The lowest BCUT2D eigenvalue weighted by atomic mass is 9.92. The third-order valence-corrected chi connectivity index (χ3v) is 4.52. The van der Waals surface area contributed by atoms with Crippen LogP contribution in [0.5, 0.6) is 0 Å². The normalized spacial score (nSPS) is 22.3. The van der Waals surface area contributed by atoms with E-state index in [2.05, 4.69) is 0 Å². The molecule has 1 heterocycles. The van der Waals surface area contributed by atoms with Crippen molar-refractivity contribution in [3.8, 4) is 0 Å². The highest BCUT2D eigenvalue weighted by molar-refractivity contribution is 7.99. The first-order chi connectivity index (χ1) is 7.66. The average molecular weight is 239 g/mol. The molecule has 0 amide bonds. The summed E-state index contributed by atoms with van der Waals surface area (Å²) in [5.41, 5.74) is 8.41. The molecule has 1 aliphatic rings. The molecule has 0 aromatic heterocycles. The molecule has 2 unspecified atom stereocenters. The lowest BCUT2D eigenvalue weighted by molar-refractivity contribution is 0.462. The Morgan fingerprint density at radius 3 is 3.00 bits per heavy atom. The van der Waals surface area contributed by atoms with Gasteiger partial charge in [-0.3, -0.25) is 0 Å². The van der Waals surface area contributed by atoms with E-state index in [0.717, 1.165) is 12.0 Å². The zero-order chi connectivity index (χ0) is 11.5. The SMILES string of the molecule is Cc1cc(F)ccc1CC(N)C1CCSC1. The third kappa shape index (κ3) is 2.77. The Kier molecular flexibility index (Phi) is 3.87. The van der Waals surface area contributed by atoms with Crippen molar-refractivity contribution in [3.05, 3.63) is 35.1 Å². The largest absolute Gasteiger partial charge is 0.327 e. The molecule has 1 aromatic rings. The fourth-order valence-electron chi connectivity index (χ4n) is 2.20. The van der Waals surface area contributed by atoms with E-state index >= 15 is 0 Å². The predicted molar refractivity (Wildman–Crippen MR) is 68.2 cm³/mol. The minimum absolute atomic E-state index is 0.161. The molecule has 1 nitrogen and oxygen atoms in total. The minimum Gasteiger partial charge on any atom is -0.327 e. The minimum atomic E-state index is -0.161. The van der Waals surface area contributed by atoms with E-state index in [1.807, 2.05) is 24.8 Å². The number of halogens is 1. The summed E-state index contributed by atoms with van der Waals surface area (Å²) >= 11 is 1.99. The van der Waals surface area contributed by atoms with Crippen LogP contribution in [-0.2, 0) is 6.42 Å². The Morgan fingerprint density at radius 1 is 1.56 bits per heavy atom. The second kappa shape index (κ2) is 5.19. The zero-order valence-corrected chi connectivity index (χ0v) is 10.4. The first-order valence-corrected chi connectivity index (χ1v) is 6.90. The lowest BCUT2D eigenvalue weighted by Gasteiger charge is -2.19. The molecule has 1 saturated heterocycles. The van der Waals surface area contributed by atoms with Gasteiger partial charge in [0.15, 0.2) is 0 Å². The van der Waals surface area contributed by atoms with Gasteiger partial charge in [-0.25, -0.2) is 4.39 Å². The van der Waals surface area contributed by atoms with E-state index in [0.29, 0.717) is 5.92 Å². The maximum atomic E-state index is 13.0. The van der Waals surface area contributed by atoms with Gasteiger partial charge in [0.2, 0.25) is 0 Å². The van der Waals surface area contributed by atoms with Gasteiger partial charge in [-0.15, -0.1) is 0 Å². The molecule has 1 fully saturated rings. The van der Waals surface area contributed by atoms with Crippen LogP contribution in [0.15, 0.2) is 18.2 Å². The van der Waals surface area contributed by atoms with Crippen molar-refractivity contribution >= 4 is 11.8 Å². The summed E-state index contributed by atoms with van der Waals surface area (Å²) in [6, 6.07) is 5.20. The molecule has 0 radical (unpaired) electrons. The smallest absolute Gasteiger partial charge is 0.123 e. The fourth-order valence-corrected chi connectivity index (χ4v) is 3.55. The van der Waals surface area contributed by atoms with Gasteiger partial charge < -0.3 is 5.73 Å². The molecule has 16 heavy (non-hydrogen) atoms. The molecule has 1 aromatic carbocycles. The van der Waals surface area contributed by atoms with Crippen molar-refractivity contribution in [2.75, 3.05) is 11.5 Å². The predicted octanol–water partition coefficient (Wildman–Crippen LogP) is 2.76. The summed E-state index contributed by atoms with van der Waals surface area (Å²) < 4.78 is 13.0. The molecule has 2 atom stereocenters. The molecular formula is C13H18FNS. The zero-order valence-electron chi connectivity index (χ0n) is 9.58. The topological polar surface area (TPSA) is 26.0 Å². The van der Waals surface area contributed by atoms with Gasteiger partial charge in [0.05, 0.1) is 0 Å². The number of benzene rings is 1. The van der Waals surface area contributed by atoms with Crippen LogP contribution in [0.2, 0.25) is 0 Å². The van der Waals surface area contributed by atoms with E-state index in [1.165, 1.54) is 29.6 Å². The molecule has 1 aliphatic heterocycles. The Hall–Kier alpha value is -0.540. The Balaban J connectivity index is 2.02. The summed E-state index contributed by atoms with van der Waals surface area (Å²) in [6.07, 6.45) is 2.10. The Labute approximate surface area is 101 Å². The van der Waals surface area contributed by atoms with Crippen LogP contribution < -0.4 is 5.73 Å². The number of aryl methyl sites for hydroxylation is 1. The Morgan fingerprint density at radius 2 is 2.38 bits per heavy atom. The van der Waals surface area contributed by atoms with Gasteiger partial charge in [0.25, 0.3) is 0 Å². The number of hydrogen-bond acceptors (Lipinski definition) is 2. The second-order valence-electron chi connectivity index (χ2n) is 4.56. The molecular weight excluding hydrogens is 221 g/mol. The molecule has 2 rings (SSSR count). The van der Waals surface area contributed by atoms with Crippen LogP contribution in [0, 0.1) is 18.7 Å². The van der Waals surface area contributed by atoms with E-state index in [4.69, 9.17) is 5.73 Å². The number of hydrogen-bond donors (Lipinski definition) is 1. The first kappa shape index (κ1) is 11.9. The molecule has 3 heteroatoms. The standard InChI is InChI=1S/C13H18FNS/c1-9-6-12(14)3-2-10(9)7-13(15)11-4-5-16-8-11/h2-3,6,11,13H,4-5,7-8,15H2,1H3. The van der Waals surface area contributed by atoms with Gasteiger partial charge in [0, 0.05) is 6.04 Å². The van der Waals surface area contributed by atoms with Gasteiger partial charge in [0.1, 0.15) is 5.82 Å². The highest BCUT2D eigenvalue weighted by Gasteiger charge is 2.22. The maximum absolute atomic E-state index is 13.0. The molecule has 88 valence electrons. The van der Waals surface area contributed by atoms with E-state index < -0.39 is 0 Å². The quantitative estimate of drug-likeness (QED) is 0.877. The maximum Gasteiger partial charge on any atom is 0.123 e. The number of nitrogens with two attached hydrogens (primary N) is 1. The molecule has 0 spiro atoms. The third-order valence-electron chi connectivity index (χ3n) is 3.33. The average Bonchev–Trinajstić information content (AvgIpc) is 2.75. The van der Waals surface area contributed by atoms with Crippen LogP contribution in [0.25, 0.3) is 0 Å². The van der Waals surface area contributed by atoms with Crippen molar-refractivity contribution in [2.45, 2.75) is 25.8 Å². The van der Waals surface area contributed by atoms with E-state index in [-0.39, 0.29) is 11.9 Å². The molecule has 0 saturated carbocycles. The summed E-state index contributed by atoms with van der Waals surface area (Å²) in [5.74, 6) is 2.89. The van der Waals surface area contributed by atoms with Crippen LogP contribution in [0.1, 0.15) is 17.5 Å². The lowest BCUT2D eigenvalue weighted by Crippen LogP contribution is -2.32. The summed E-state index contributed by atoms with van der Waals surface area (Å²) in [6.45, 7) is 1.95. The van der Waals surface area contributed by atoms with E-state index in [9.17, 15) is 4.39 Å². The molecule has 0 bridgehead atoms. The summed E-state index contributed by atoms with van der Waals surface area (Å²) in [7, 11) is 0. The van der Waals surface area contributed by atoms with Crippen molar-refractivity contribution in [1.29, 1.82) is 0 Å². The number of thioether (sulfide) groups is 1. The number of rotatable bonds is 3. The Bertz CT molecular complexity index is 361. The molecule has 2 N–H and O–H groups in total. The molecule has 0 aliphatic carbocycles. The van der Waals surface area contributed by atoms with Crippen LogP contribution in [0.4, 0.5) is 4.39 Å². The van der Waals surface area contributed by atoms with Crippen molar-refractivity contribution < 1.29 is 4.39 Å². The van der Waals surface area contributed by atoms with Crippen molar-refractivity contribution in [2.24, 2.45) is 11.7 Å². The highest BCUT2D eigenvalue weighted by Crippen LogP contribution is 2.27. The monoisotopic (exact) mass is 239 g/mol. The summed E-state index contributed by atoms with van der Waals surface area (Å²) in [5, 5.41) is 0. The summed E-state index contributed by atoms with van der Waals surface area (Å²) in [4.78, 5) is 0. The van der Waals surface area contributed by atoms with Crippen LogP contribution in [0.3, 0.4) is 0 Å². The highest BCUT2D eigenvalue weighted by atomic mass is 32.2. The van der Waals surface area contributed by atoms with Crippen molar-refractivity contribution in [1.82, 2.24) is 0 Å². The second-order valence-corrected chi connectivity index (χ2v) is 5.71. The van der Waals surface area contributed by atoms with Gasteiger partial charge in [-0.05, 0) is 60.4 Å². The van der Waals surface area contributed by atoms with Gasteiger partial charge in [-0.1, -0.05) is 6.07 Å². The van der Waals surface area contributed by atoms with Crippen LogP contribution >= 0.6 is 11.8 Å². The fraction of sp³-hybridized carbons (Fsp3) is 0.538. The van der Waals surface area contributed by atoms with Crippen LogP contribution in [-0.4, -0.2) is 17.5 Å². The van der Waals surface area contributed by atoms with E-state index in [1.54, 1.807) is 6.07 Å². The van der Waals surface area contributed by atoms with Crippen molar-refractivity contribution in [3.63, 3.8) is 0 Å². The van der Waals surface area contributed by atoms with Gasteiger partial charge >= 0.3 is 0 Å². The first-order valence-electron chi connectivity index (χ1n) is 5.75.